The van der Waals surface area contributed by atoms with Gasteiger partial charge in [0.15, 0.2) is 5.65 Å². The van der Waals surface area contributed by atoms with Crippen molar-refractivity contribution in [2.45, 2.75) is 32.5 Å². The van der Waals surface area contributed by atoms with Crippen LogP contribution in [-0.4, -0.2) is 15.0 Å². The van der Waals surface area contributed by atoms with E-state index in [0.29, 0.717) is 5.82 Å². The molecule has 6 heteroatoms. The number of imidazole rings is 1. The molecular weight excluding hydrogens is 432 g/mol. The van der Waals surface area contributed by atoms with Gasteiger partial charge in [0.25, 0.3) is 0 Å². The number of aryl methyl sites for hydroxylation is 1. The largest absolute Gasteiger partial charge is 0.384 e. The van der Waals surface area contributed by atoms with Crippen LogP contribution < -0.4 is 16.0 Å². The zero-order valence-corrected chi connectivity index (χ0v) is 19.7. The summed E-state index contributed by atoms with van der Waals surface area (Å²) in [5.41, 5.74) is 15.1. The summed E-state index contributed by atoms with van der Waals surface area (Å²) in [6, 6.07) is 30.1. The van der Waals surface area contributed by atoms with E-state index in [4.69, 9.17) is 5.73 Å². The van der Waals surface area contributed by atoms with Gasteiger partial charge in [-0.3, -0.25) is 0 Å². The Balaban J connectivity index is 1.27. The number of para-hydroxylation sites is 1. The number of pyridine rings is 1. The topological polar surface area (TPSA) is 82.9 Å². The maximum atomic E-state index is 6.11. The van der Waals surface area contributed by atoms with Crippen LogP contribution in [0, 0.1) is 6.92 Å². The molecule has 5 aromatic rings. The van der Waals surface area contributed by atoms with Crippen molar-refractivity contribution in [3.63, 3.8) is 0 Å². The van der Waals surface area contributed by atoms with Crippen molar-refractivity contribution in [1.29, 1.82) is 0 Å². The fourth-order valence-corrected chi connectivity index (χ4v) is 5.02. The minimum absolute atomic E-state index is 0.116. The van der Waals surface area contributed by atoms with Gasteiger partial charge in [0.05, 0.1) is 6.04 Å². The summed E-state index contributed by atoms with van der Waals surface area (Å²) in [6.07, 6.45) is 0.887. The number of nitrogens with one attached hydrogen (secondary N) is 2. The molecule has 0 radical (unpaired) electrons. The van der Waals surface area contributed by atoms with E-state index >= 15 is 0 Å². The van der Waals surface area contributed by atoms with Gasteiger partial charge in [-0.2, -0.15) is 0 Å². The number of rotatable bonds is 6. The molecule has 4 N–H and O–H groups in total. The van der Waals surface area contributed by atoms with Gasteiger partial charge in [-0.25, -0.2) is 9.97 Å². The molecule has 6 nitrogen and oxygen atoms in total. The summed E-state index contributed by atoms with van der Waals surface area (Å²) in [6.45, 7) is 3.64. The summed E-state index contributed by atoms with van der Waals surface area (Å²) in [5, 5.41) is 3.68. The fraction of sp³-hybridized carbons (Fsp3) is 0.172. The van der Waals surface area contributed by atoms with Crippen LogP contribution in [0.15, 0.2) is 84.9 Å². The molecule has 0 fully saturated rings. The van der Waals surface area contributed by atoms with Gasteiger partial charge in [0.1, 0.15) is 17.2 Å². The molecule has 6 rings (SSSR count). The van der Waals surface area contributed by atoms with Crippen LogP contribution in [0.4, 0.5) is 17.2 Å². The quantitative estimate of drug-likeness (QED) is 0.300. The fourth-order valence-electron chi connectivity index (χ4n) is 5.02. The molecule has 1 atom stereocenters. The van der Waals surface area contributed by atoms with Crippen molar-refractivity contribution in [2.75, 3.05) is 16.0 Å². The molecular formula is C29H28N6. The SMILES string of the molecule is Cc1nc2c(C3Cc4cc(CN(Cc5ccccc5)c5ccccc5)ccc4N3)cc(N)nc2[nH]1. The molecule has 0 spiro atoms. The van der Waals surface area contributed by atoms with Crippen molar-refractivity contribution in [3.8, 4) is 0 Å². The monoisotopic (exact) mass is 460 g/mol. The number of nitrogens with zero attached hydrogens (tertiary/aromatic N) is 3. The smallest absolute Gasteiger partial charge is 0.160 e. The van der Waals surface area contributed by atoms with E-state index in [1.165, 1.54) is 28.1 Å². The standard InChI is InChI=1S/C29H28N6/c1-19-31-28-24(16-27(30)34-29(28)32-19)26-15-22-14-21(12-13-25(22)33-26)18-35(23-10-6-3-7-11-23)17-20-8-4-2-5-9-20/h2-14,16,26,33H,15,17-18H2,1H3,(H3,30,31,32,34). The van der Waals surface area contributed by atoms with E-state index in [1.807, 2.05) is 13.0 Å². The van der Waals surface area contributed by atoms with E-state index in [2.05, 4.69) is 104 Å². The molecule has 0 aliphatic carbocycles. The number of anilines is 3. The molecule has 2 aromatic heterocycles. The van der Waals surface area contributed by atoms with Crippen LogP contribution in [0.5, 0.6) is 0 Å². The van der Waals surface area contributed by atoms with Crippen LogP contribution >= 0.6 is 0 Å². The highest BCUT2D eigenvalue weighted by atomic mass is 15.1. The van der Waals surface area contributed by atoms with Crippen LogP contribution in [0.1, 0.15) is 34.1 Å². The van der Waals surface area contributed by atoms with Gasteiger partial charge < -0.3 is 20.9 Å². The molecule has 1 unspecified atom stereocenters. The Bertz CT molecular complexity index is 1480. The van der Waals surface area contributed by atoms with Crippen molar-refractivity contribution >= 4 is 28.4 Å². The predicted molar refractivity (Wildman–Crippen MR) is 142 cm³/mol. The number of H-pyrrole nitrogens is 1. The zero-order valence-electron chi connectivity index (χ0n) is 19.7. The van der Waals surface area contributed by atoms with Gasteiger partial charge in [-0.05, 0) is 54.3 Å². The van der Waals surface area contributed by atoms with E-state index in [1.54, 1.807) is 0 Å². The highest BCUT2D eigenvalue weighted by Gasteiger charge is 2.26. The van der Waals surface area contributed by atoms with E-state index in [9.17, 15) is 0 Å². The average molecular weight is 461 g/mol. The van der Waals surface area contributed by atoms with Gasteiger partial charge in [-0.1, -0.05) is 60.7 Å². The van der Waals surface area contributed by atoms with Crippen molar-refractivity contribution in [2.24, 2.45) is 0 Å². The van der Waals surface area contributed by atoms with Gasteiger partial charge >= 0.3 is 0 Å². The lowest BCUT2D eigenvalue weighted by Gasteiger charge is -2.25. The molecule has 3 aromatic carbocycles. The molecule has 35 heavy (non-hydrogen) atoms. The van der Waals surface area contributed by atoms with Crippen LogP contribution in [0.25, 0.3) is 11.2 Å². The average Bonchev–Trinajstić information content (AvgIpc) is 3.46. The molecule has 3 heterocycles. The van der Waals surface area contributed by atoms with E-state index in [-0.39, 0.29) is 6.04 Å². The Morgan fingerprint density at radius 2 is 1.63 bits per heavy atom. The van der Waals surface area contributed by atoms with Crippen LogP contribution in [0.3, 0.4) is 0 Å². The van der Waals surface area contributed by atoms with Crippen molar-refractivity contribution in [1.82, 2.24) is 15.0 Å². The van der Waals surface area contributed by atoms with E-state index < -0.39 is 0 Å². The first-order valence-corrected chi connectivity index (χ1v) is 12.0. The first kappa shape index (κ1) is 21.2. The minimum Gasteiger partial charge on any atom is -0.384 e. The molecule has 0 amide bonds. The molecule has 0 saturated heterocycles. The third-order valence-corrected chi connectivity index (χ3v) is 6.63. The maximum Gasteiger partial charge on any atom is 0.160 e. The van der Waals surface area contributed by atoms with Gasteiger partial charge in [-0.15, -0.1) is 0 Å². The molecule has 0 saturated carbocycles. The normalized spacial score (nSPS) is 14.6. The third kappa shape index (κ3) is 4.30. The highest BCUT2D eigenvalue weighted by molar-refractivity contribution is 5.79. The second-order valence-corrected chi connectivity index (χ2v) is 9.23. The summed E-state index contributed by atoms with van der Waals surface area (Å²) in [4.78, 5) is 14.7. The van der Waals surface area contributed by atoms with Crippen molar-refractivity contribution < 1.29 is 0 Å². The summed E-state index contributed by atoms with van der Waals surface area (Å²) in [5.74, 6) is 1.35. The first-order chi connectivity index (χ1) is 17.1. The maximum absolute atomic E-state index is 6.11. The summed E-state index contributed by atoms with van der Waals surface area (Å²) in [7, 11) is 0. The zero-order chi connectivity index (χ0) is 23.8. The highest BCUT2D eigenvalue weighted by Crippen LogP contribution is 2.37. The number of hydrogen-bond acceptors (Lipinski definition) is 5. The second-order valence-electron chi connectivity index (χ2n) is 9.23. The molecule has 1 aliphatic heterocycles. The molecule has 174 valence electrons. The lowest BCUT2D eigenvalue weighted by atomic mass is 10.0. The Kier molecular flexibility index (Phi) is 5.34. The first-order valence-electron chi connectivity index (χ1n) is 12.0. The number of fused-ring (bicyclic) bond motifs is 2. The number of nitrogens with two attached hydrogens (primary N) is 1. The Morgan fingerprint density at radius 1 is 0.886 bits per heavy atom. The van der Waals surface area contributed by atoms with Crippen LogP contribution in [0.2, 0.25) is 0 Å². The van der Waals surface area contributed by atoms with Gasteiger partial charge in [0.2, 0.25) is 0 Å². The predicted octanol–water partition coefficient (Wildman–Crippen LogP) is 5.76. The third-order valence-electron chi connectivity index (χ3n) is 6.63. The lowest BCUT2D eigenvalue weighted by molar-refractivity contribution is 0.796. The Labute approximate surface area is 204 Å². The van der Waals surface area contributed by atoms with Crippen molar-refractivity contribution in [3.05, 3.63) is 113 Å². The molecule has 0 bridgehead atoms. The minimum atomic E-state index is 0.116. The second kappa shape index (κ2) is 8.80. The number of aromatic amines is 1. The number of benzene rings is 3. The number of aromatic nitrogens is 3. The Hall–Kier alpha value is -4.32. The molecule has 1 aliphatic rings. The lowest BCUT2D eigenvalue weighted by Crippen LogP contribution is -2.22. The van der Waals surface area contributed by atoms with Crippen LogP contribution in [-0.2, 0) is 19.5 Å². The summed E-state index contributed by atoms with van der Waals surface area (Å²) >= 11 is 0. The summed E-state index contributed by atoms with van der Waals surface area (Å²) < 4.78 is 0. The van der Waals surface area contributed by atoms with E-state index in [0.717, 1.165) is 42.1 Å². The van der Waals surface area contributed by atoms with Gasteiger partial charge in [0, 0.05) is 30.0 Å². The number of hydrogen-bond donors (Lipinski definition) is 3. The number of nitrogen functional groups attached to an aromatic ring is 1. The Morgan fingerprint density at radius 3 is 2.43 bits per heavy atom.